The van der Waals surface area contributed by atoms with Crippen LogP contribution in [-0.4, -0.2) is 36.1 Å². The molecule has 6 heteroatoms. The predicted octanol–water partition coefficient (Wildman–Crippen LogP) is 3.61. The van der Waals surface area contributed by atoms with Crippen molar-refractivity contribution in [2.75, 3.05) is 20.3 Å². The lowest BCUT2D eigenvalue weighted by atomic mass is 10.0. The Hall–Kier alpha value is -2.47. The molecule has 0 aromatic heterocycles. The highest BCUT2D eigenvalue weighted by molar-refractivity contribution is 6.01. The van der Waals surface area contributed by atoms with E-state index < -0.39 is 5.82 Å². The Morgan fingerprint density at radius 2 is 1.96 bits per heavy atom. The molecule has 0 spiro atoms. The van der Waals surface area contributed by atoms with Crippen molar-refractivity contribution in [1.29, 1.82) is 0 Å². The number of hydrogen-bond donors (Lipinski definition) is 2. The van der Waals surface area contributed by atoms with Gasteiger partial charge in [0, 0.05) is 29.6 Å². The van der Waals surface area contributed by atoms with Gasteiger partial charge >= 0.3 is 0 Å². The van der Waals surface area contributed by atoms with Crippen LogP contribution in [0.25, 0.3) is 5.57 Å². The molecular weight excluding hydrogens is 312 g/mol. The molecule has 24 heavy (non-hydrogen) atoms. The monoisotopic (exact) mass is 335 g/mol. The maximum absolute atomic E-state index is 13.4. The van der Waals surface area contributed by atoms with Crippen LogP contribution in [0, 0.1) is 5.82 Å². The Kier molecular flexibility index (Phi) is 7.85. The molecule has 3 N–H and O–H groups in total. The second-order valence-electron chi connectivity index (χ2n) is 4.52. The minimum atomic E-state index is -0.635. The summed E-state index contributed by atoms with van der Waals surface area (Å²) in [6, 6.07) is 4.47. The highest BCUT2D eigenvalue weighted by atomic mass is 19.1. The van der Waals surface area contributed by atoms with E-state index >= 15 is 0 Å². The Labute approximate surface area is 141 Å². The van der Waals surface area contributed by atoms with E-state index in [4.69, 9.17) is 5.73 Å². The molecule has 1 aromatic rings. The number of allylic oxidation sites excluding steroid dienone is 2. The van der Waals surface area contributed by atoms with Crippen molar-refractivity contribution in [3.05, 3.63) is 59.7 Å². The van der Waals surface area contributed by atoms with Gasteiger partial charge in [-0.2, -0.15) is 0 Å². The summed E-state index contributed by atoms with van der Waals surface area (Å²) in [6.07, 6.45) is 7.40. The lowest BCUT2D eigenvalue weighted by molar-refractivity contribution is 0.431. The van der Waals surface area contributed by atoms with Crippen molar-refractivity contribution < 1.29 is 13.9 Å². The third-order valence-electron chi connectivity index (χ3n) is 3.32. The van der Waals surface area contributed by atoms with Gasteiger partial charge in [0.05, 0.1) is 13.7 Å². The average molecular weight is 335 g/mol. The van der Waals surface area contributed by atoms with Crippen LogP contribution in [0.5, 0.6) is 5.75 Å². The standard InChI is InChI=1S/C15H14FN3O.C2H6.CH3F/c16-13-3-1-2-12(15(13)20)10-4-5-14-18-7-6-11(8-17)19(14)9-10;2*1-2/h1-6,9,20H,7-8,17H2;1-2H3;1H3. The van der Waals surface area contributed by atoms with E-state index in [9.17, 15) is 13.9 Å². The molecule has 0 radical (unpaired) electrons. The SMILES string of the molecule is CC.CF.NCC1=CCN=C2C=CC(c3cccc(F)c3O)=CN12. The first kappa shape index (κ1) is 19.6. The molecule has 0 bridgehead atoms. The zero-order valence-corrected chi connectivity index (χ0v) is 14.1. The number of rotatable bonds is 2. The smallest absolute Gasteiger partial charge is 0.165 e. The summed E-state index contributed by atoms with van der Waals surface area (Å²) in [5.74, 6) is -0.184. The largest absolute Gasteiger partial charge is 0.504 e. The average Bonchev–Trinajstić information content (AvgIpc) is 2.66. The van der Waals surface area contributed by atoms with E-state index in [0.29, 0.717) is 31.4 Å². The Balaban J connectivity index is 0.000000671. The number of aromatic hydroxyl groups is 1. The summed E-state index contributed by atoms with van der Waals surface area (Å²) in [6.45, 7) is 5.00. The lowest BCUT2D eigenvalue weighted by Crippen LogP contribution is -2.32. The van der Waals surface area contributed by atoms with Crippen LogP contribution in [0.15, 0.2) is 53.3 Å². The molecule has 0 aliphatic carbocycles. The highest BCUT2D eigenvalue weighted by Crippen LogP contribution is 2.31. The molecule has 4 nitrogen and oxygen atoms in total. The third kappa shape index (κ3) is 4.08. The number of alkyl halides is 1. The first-order valence-electron chi connectivity index (χ1n) is 7.69. The molecule has 0 saturated heterocycles. The zero-order chi connectivity index (χ0) is 18.1. The van der Waals surface area contributed by atoms with Crippen LogP contribution in [0.3, 0.4) is 0 Å². The van der Waals surface area contributed by atoms with Gasteiger partial charge in [0.25, 0.3) is 0 Å². The molecule has 0 unspecified atom stereocenters. The lowest BCUT2D eigenvalue weighted by Gasteiger charge is -2.29. The number of amidine groups is 1. The van der Waals surface area contributed by atoms with Gasteiger partial charge in [-0.25, -0.2) is 4.39 Å². The number of phenols is 1. The summed E-state index contributed by atoms with van der Waals surface area (Å²) < 4.78 is 22.9. The molecule has 2 aliphatic rings. The van der Waals surface area contributed by atoms with Gasteiger partial charge < -0.3 is 15.7 Å². The topological polar surface area (TPSA) is 61.9 Å². The summed E-state index contributed by atoms with van der Waals surface area (Å²) >= 11 is 0. The first-order valence-corrected chi connectivity index (χ1v) is 7.69. The van der Waals surface area contributed by atoms with Crippen molar-refractivity contribution in [1.82, 2.24) is 4.90 Å². The summed E-state index contributed by atoms with van der Waals surface area (Å²) in [4.78, 5) is 6.22. The van der Waals surface area contributed by atoms with E-state index in [0.717, 1.165) is 11.5 Å². The van der Waals surface area contributed by atoms with Crippen molar-refractivity contribution in [2.24, 2.45) is 10.7 Å². The molecule has 3 rings (SSSR count). The van der Waals surface area contributed by atoms with Crippen LogP contribution < -0.4 is 5.73 Å². The number of fused-ring (bicyclic) bond motifs is 1. The minimum Gasteiger partial charge on any atom is -0.504 e. The number of hydrogen-bond acceptors (Lipinski definition) is 4. The Bertz CT molecular complexity index is 679. The van der Waals surface area contributed by atoms with E-state index in [1.54, 1.807) is 12.1 Å². The molecular formula is C18H23F2N3O. The normalized spacial score (nSPS) is 14.9. The summed E-state index contributed by atoms with van der Waals surface area (Å²) in [5.41, 5.74) is 7.82. The highest BCUT2D eigenvalue weighted by Gasteiger charge is 2.20. The number of para-hydroxylation sites is 1. The fraction of sp³-hybridized carbons (Fsp3) is 0.278. The predicted molar refractivity (Wildman–Crippen MR) is 94.8 cm³/mol. The molecule has 2 aliphatic heterocycles. The molecule has 0 amide bonds. The Morgan fingerprint density at radius 1 is 1.25 bits per heavy atom. The summed E-state index contributed by atoms with van der Waals surface area (Å²) in [7, 11) is 0.500. The van der Waals surface area contributed by atoms with Crippen molar-refractivity contribution in [2.45, 2.75) is 13.8 Å². The van der Waals surface area contributed by atoms with Gasteiger partial charge in [-0.15, -0.1) is 0 Å². The van der Waals surface area contributed by atoms with Gasteiger partial charge in [-0.3, -0.25) is 9.38 Å². The van der Waals surface area contributed by atoms with Crippen LogP contribution in [-0.2, 0) is 0 Å². The number of nitrogens with two attached hydrogens (primary N) is 1. The van der Waals surface area contributed by atoms with Crippen LogP contribution in [0.1, 0.15) is 19.4 Å². The number of nitrogens with zero attached hydrogens (tertiary/aromatic N) is 2. The van der Waals surface area contributed by atoms with E-state index in [2.05, 4.69) is 4.99 Å². The van der Waals surface area contributed by atoms with E-state index in [-0.39, 0.29) is 5.75 Å². The third-order valence-corrected chi connectivity index (χ3v) is 3.32. The number of benzene rings is 1. The quantitative estimate of drug-likeness (QED) is 0.868. The second-order valence-corrected chi connectivity index (χ2v) is 4.52. The number of phenolic OH excluding ortho intramolecular Hbond substituents is 1. The van der Waals surface area contributed by atoms with Gasteiger partial charge in [0.1, 0.15) is 5.84 Å². The maximum Gasteiger partial charge on any atom is 0.165 e. The van der Waals surface area contributed by atoms with Crippen LogP contribution in [0.4, 0.5) is 8.78 Å². The van der Waals surface area contributed by atoms with Gasteiger partial charge in [-0.05, 0) is 24.3 Å². The molecule has 1 aromatic carbocycles. The first-order chi connectivity index (χ1) is 11.7. The van der Waals surface area contributed by atoms with Gasteiger partial charge in [-0.1, -0.05) is 26.0 Å². The Morgan fingerprint density at radius 3 is 2.62 bits per heavy atom. The summed E-state index contributed by atoms with van der Waals surface area (Å²) in [5, 5.41) is 9.83. The molecule has 0 atom stereocenters. The molecule has 0 fully saturated rings. The molecule has 2 heterocycles. The van der Waals surface area contributed by atoms with Crippen molar-refractivity contribution in [3.63, 3.8) is 0 Å². The fourth-order valence-corrected chi connectivity index (χ4v) is 2.28. The number of halogens is 2. The zero-order valence-electron chi connectivity index (χ0n) is 14.1. The van der Waals surface area contributed by atoms with E-state index in [1.807, 2.05) is 43.2 Å². The minimum absolute atomic E-state index is 0.348. The fourth-order valence-electron chi connectivity index (χ4n) is 2.28. The maximum atomic E-state index is 13.4. The van der Waals surface area contributed by atoms with Crippen molar-refractivity contribution >= 4 is 11.4 Å². The van der Waals surface area contributed by atoms with Crippen LogP contribution in [0.2, 0.25) is 0 Å². The van der Waals surface area contributed by atoms with Crippen LogP contribution >= 0.6 is 0 Å². The van der Waals surface area contributed by atoms with Gasteiger partial charge in [0.15, 0.2) is 11.6 Å². The second kappa shape index (κ2) is 9.62. The molecule has 0 saturated carbocycles. The van der Waals surface area contributed by atoms with Gasteiger partial charge in [0.2, 0.25) is 0 Å². The van der Waals surface area contributed by atoms with E-state index in [1.165, 1.54) is 6.07 Å². The number of aliphatic imine (C=N–C) groups is 1. The molecule has 130 valence electrons. The van der Waals surface area contributed by atoms with Crippen molar-refractivity contribution in [3.8, 4) is 5.75 Å².